The molecule has 1 aromatic rings. The lowest BCUT2D eigenvalue weighted by Gasteiger charge is -2.23. The first-order valence-electron chi connectivity index (χ1n) is 6.74. The van der Waals surface area contributed by atoms with Gasteiger partial charge in [0.05, 0.1) is 24.7 Å². The Labute approximate surface area is 114 Å². The average molecular weight is 263 g/mol. The summed E-state index contributed by atoms with van der Waals surface area (Å²) in [6, 6.07) is 2.18. The second-order valence-electron chi connectivity index (χ2n) is 5.17. The molecule has 0 amide bonds. The van der Waals surface area contributed by atoms with Crippen molar-refractivity contribution in [1.29, 1.82) is 5.26 Å². The molecular weight excluding hydrogens is 242 g/mol. The van der Waals surface area contributed by atoms with Gasteiger partial charge in [-0.2, -0.15) is 5.26 Å². The van der Waals surface area contributed by atoms with Gasteiger partial charge in [-0.1, -0.05) is 5.21 Å². The lowest BCUT2D eigenvalue weighted by molar-refractivity contribution is 0.0832. The van der Waals surface area contributed by atoms with Gasteiger partial charge in [0, 0.05) is 25.7 Å². The van der Waals surface area contributed by atoms with Crippen LogP contribution in [0, 0.1) is 11.3 Å². The summed E-state index contributed by atoms with van der Waals surface area (Å²) < 4.78 is 7.39. The van der Waals surface area contributed by atoms with E-state index in [2.05, 4.69) is 21.3 Å². The summed E-state index contributed by atoms with van der Waals surface area (Å²) in [6.45, 7) is 3.31. The third-order valence-electron chi connectivity index (χ3n) is 3.46. The molecular formula is C13H21N5O. The zero-order chi connectivity index (χ0) is 13.7. The molecule has 1 fully saturated rings. The van der Waals surface area contributed by atoms with Crippen LogP contribution in [-0.2, 0) is 17.7 Å². The van der Waals surface area contributed by atoms with E-state index in [0.29, 0.717) is 12.3 Å². The van der Waals surface area contributed by atoms with Crippen molar-refractivity contribution < 1.29 is 4.74 Å². The smallest absolute Gasteiger partial charge is 0.100 e. The van der Waals surface area contributed by atoms with Gasteiger partial charge in [0.15, 0.2) is 0 Å². The lowest BCUT2D eigenvalue weighted by Crippen LogP contribution is -2.23. The predicted octanol–water partition coefficient (Wildman–Crippen LogP) is 0.800. The molecule has 1 aromatic heterocycles. The molecule has 0 atom stereocenters. The summed E-state index contributed by atoms with van der Waals surface area (Å²) in [6.07, 6.45) is 2.33. The topological polar surface area (TPSA) is 67.0 Å². The molecule has 0 unspecified atom stereocenters. The van der Waals surface area contributed by atoms with Crippen LogP contribution in [0.1, 0.15) is 30.1 Å². The molecule has 0 aliphatic carbocycles. The Balaban J connectivity index is 2.19. The summed E-state index contributed by atoms with van der Waals surface area (Å²) in [5.74, 6) is 0.425. The SMILES string of the molecule is CN(C)CCn1nnc(CC#N)c1C1CCOCC1. The molecule has 1 aliphatic heterocycles. The van der Waals surface area contributed by atoms with Crippen LogP contribution in [0.5, 0.6) is 0 Å². The Morgan fingerprint density at radius 2 is 2.16 bits per heavy atom. The molecule has 6 nitrogen and oxygen atoms in total. The van der Waals surface area contributed by atoms with Crippen molar-refractivity contribution in [2.45, 2.75) is 31.7 Å². The third kappa shape index (κ3) is 3.52. The van der Waals surface area contributed by atoms with Crippen molar-refractivity contribution >= 4 is 0 Å². The average Bonchev–Trinajstić information content (AvgIpc) is 2.81. The molecule has 104 valence electrons. The Kier molecular flexibility index (Phi) is 4.88. The minimum atomic E-state index is 0.342. The van der Waals surface area contributed by atoms with Gasteiger partial charge >= 0.3 is 0 Å². The molecule has 1 aliphatic rings. The zero-order valence-corrected chi connectivity index (χ0v) is 11.7. The minimum Gasteiger partial charge on any atom is -0.381 e. The number of likely N-dealkylation sites (N-methyl/N-ethyl adjacent to an activating group) is 1. The zero-order valence-electron chi connectivity index (χ0n) is 11.7. The van der Waals surface area contributed by atoms with Crippen molar-refractivity contribution in [3.63, 3.8) is 0 Å². The van der Waals surface area contributed by atoms with Crippen LogP contribution in [0.4, 0.5) is 0 Å². The number of hydrogen-bond donors (Lipinski definition) is 0. The van der Waals surface area contributed by atoms with Crippen molar-refractivity contribution in [2.24, 2.45) is 0 Å². The maximum Gasteiger partial charge on any atom is 0.100 e. The van der Waals surface area contributed by atoms with Gasteiger partial charge in [0.25, 0.3) is 0 Å². The summed E-state index contributed by atoms with van der Waals surface area (Å²) in [7, 11) is 4.09. The Morgan fingerprint density at radius 1 is 1.42 bits per heavy atom. The van der Waals surface area contributed by atoms with E-state index in [4.69, 9.17) is 10.00 Å². The Hall–Kier alpha value is -1.45. The number of hydrogen-bond acceptors (Lipinski definition) is 5. The first-order valence-corrected chi connectivity index (χ1v) is 6.74. The standard InChI is InChI=1S/C13H21N5O/c1-17(2)7-8-18-13(11-4-9-19-10-5-11)12(3-6-14)15-16-18/h11H,3-5,7-10H2,1-2H3. The van der Waals surface area contributed by atoms with Crippen LogP contribution in [0.15, 0.2) is 0 Å². The van der Waals surface area contributed by atoms with E-state index in [1.54, 1.807) is 0 Å². The predicted molar refractivity (Wildman–Crippen MR) is 70.7 cm³/mol. The van der Waals surface area contributed by atoms with Gasteiger partial charge in [-0.15, -0.1) is 5.10 Å². The monoisotopic (exact) mass is 263 g/mol. The Morgan fingerprint density at radius 3 is 2.79 bits per heavy atom. The fraction of sp³-hybridized carbons (Fsp3) is 0.769. The number of nitrogens with zero attached hydrogens (tertiary/aromatic N) is 5. The highest BCUT2D eigenvalue weighted by molar-refractivity contribution is 5.19. The molecule has 0 radical (unpaired) electrons. The molecule has 0 bridgehead atoms. The fourth-order valence-electron chi connectivity index (χ4n) is 2.43. The van der Waals surface area contributed by atoms with Crippen LogP contribution in [-0.4, -0.2) is 53.7 Å². The number of ether oxygens (including phenoxy) is 1. The quantitative estimate of drug-likeness (QED) is 0.786. The van der Waals surface area contributed by atoms with Gasteiger partial charge < -0.3 is 9.64 Å². The molecule has 6 heteroatoms. The first-order chi connectivity index (χ1) is 9.22. The van der Waals surface area contributed by atoms with Gasteiger partial charge in [0.2, 0.25) is 0 Å². The van der Waals surface area contributed by atoms with Crippen LogP contribution < -0.4 is 0 Å². The van der Waals surface area contributed by atoms with Crippen molar-refractivity contribution in [3.8, 4) is 6.07 Å². The van der Waals surface area contributed by atoms with Crippen LogP contribution in [0.2, 0.25) is 0 Å². The van der Waals surface area contributed by atoms with Gasteiger partial charge in [0.1, 0.15) is 5.69 Å². The van der Waals surface area contributed by atoms with E-state index in [-0.39, 0.29) is 0 Å². The van der Waals surface area contributed by atoms with E-state index in [1.165, 1.54) is 0 Å². The van der Waals surface area contributed by atoms with Crippen LogP contribution in [0.3, 0.4) is 0 Å². The maximum absolute atomic E-state index is 8.91. The summed E-state index contributed by atoms with van der Waals surface area (Å²) in [5.41, 5.74) is 1.99. The molecule has 19 heavy (non-hydrogen) atoms. The van der Waals surface area contributed by atoms with Crippen LogP contribution >= 0.6 is 0 Å². The molecule has 0 N–H and O–H groups in total. The minimum absolute atomic E-state index is 0.342. The van der Waals surface area contributed by atoms with E-state index in [9.17, 15) is 0 Å². The molecule has 0 spiro atoms. The fourth-order valence-corrected chi connectivity index (χ4v) is 2.43. The van der Waals surface area contributed by atoms with Crippen molar-refractivity contribution in [2.75, 3.05) is 33.9 Å². The van der Waals surface area contributed by atoms with E-state index >= 15 is 0 Å². The first kappa shape index (κ1) is 14.0. The molecule has 0 aromatic carbocycles. The maximum atomic E-state index is 8.91. The van der Waals surface area contributed by atoms with Gasteiger partial charge in [-0.05, 0) is 26.9 Å². The highest BCUT2D eigenvalue weighted by atomic mass is 16.5. The second kappa shape index (κ2) is 6.64. The van der Waals surface area contributed by atoms with Gasteiger partial charge in [-0.25, -0.2) is 4.68 Å². The molecule has 2 heterocycles. The summed E-state index contributed by atoms with van der Waals surface area (Å²) in [4.78, 5) is 2.12. The van der Waals surface area contributed by atoms with E-state index in [1.807, 2.05) is 18.8 Å². The van der Waals surface area contributed by atoms with Crippen molar-refractivity contribution in [1.82, 2.24) is 19.9 Å². The Bertz CT molecular complexity index is 442. The number of rotatable bonds is 5. The highest BCUT2D eigenvalue weighted by Crippen LogP contribution is 2.28. The van der Waals surface area contributed by atoms with E-state index < -0.39 is 0 Å². The van der Waals surface area contributed by atoms with Gasteiger partial charge in [-0.3, -0.25) is 0 Å². The third-order valence-corrected chi connectivity index (χ3v) is 3.46. The lowest BCUT2D eigenvalue weighted by atomic mass is 9.94. The number of nitriles is 1. The highest BCUT2D eigenvalue weighted by Gasteiger charge is 2.24. The largest absolute Gasteiger partial charge is 0.381 e. The second-order valence-corrected chi connectivity index (χ2v) is 5.17. The summed E-state index contributed by atoms with van der Waals surface area (Å²) >= 11 is 0. The molecule has 0 saturated carbocycles. The van der Waals surface area contributed by atoms with Crippen molar-refractivity contribution in [3.05, 3.63) is 11.4 Å². The van der Waals surface area contributed by atoms with E-state index in [0.717, 1.165) is 50.5 Å². The number of aromatic nitrogens is 3. The molecule has 1 saturated heterocycles. The molecule has 2 rings (SSSR count). The normalized spacial score (nSPS) is 16.7. The summed E-state index contributed by atoms with van der Waals surface area (Å²) in [5, 5.41) is 17.3. The van der Waals surface area contributed by atoms with Crippen LogP contribution in [0.25, 0.3) is 0 Å².